The van der Waals surface area contributed by atoms with E-state index in [0.717, 1.165) is 12.0 Å². The van der Waals surface area contributed by atoms with Crippen molar-refractivity contribution >= 4 is 23.5 Å². The summed E-state index contributed by atoms with van der Waals surface area (Å²) < 4.78 is 0. The molecule has 0 saturated carbocycles. The maximum Gasteiger partial charge on any atom is 0.200 e. The summed E-state index contributed by atoms with van der Waals surface area (Å²) in [6.07, 6.45) is 0.944. The maximum atomic E-state index is 11.3. The molecule has 0 aliphatic heterocycles. The molecule has 2 nitrogen and oxygen atoms in total. The van der Waals surface area contributed by atoms with Crippen LogP contribution in [0.4, 0.5) is 0 Å². The molecule has 0 saturated heterocycles. The SMILES string of the molecule is CCc1ccc(C(C(C)=O)C(=O)S)cc1. The highest BCUT2D eigenvalue weighted by atomic mass is 32.1. The predicted molar refractivity (Wildman–Crippen MR) is 63.2 cm³/mol. The van der Waals surface area contributed by atoms with Gasteiger partial charge in [0, 0.05) is 0 Å². The fourth-order valence-corrected chi connectivity index (χ4v) is 1.83. The Bertz CT molecular complexity index is 354. The Morgan fingerprint density at radius 3 is 2.13 bits per heavy atom. The van der Waals surface area contributed by atoms with E-state index in [1.807, 2.05) is 24.3 Å². The molecule has 0 amide bonds. The first-order chi connectivity index (χ1) is 7.06. The summed E-state index contributed by atoms with van der Waals surface area (Å²) in [4.78, 5) is 22.5. The molecule has 0 aromatic heterocycles. The number of benzene rings is 1. The Kier molecular flexibility index (Phi) is 4.09. The lowest BCUT2D eigenvalue weighted by Gasteiger charge is -2.10. The quantitative estimate of drug-likeness (QED) is 0.627. The standard InChI is InChI=1S/C12H14O2S/c1-3-9-4-6-10(7-5-9)11(8(2)13)12(14)15/h4-7,11H,3H2,1-2H3,(H,14,15). The molecule has 15 heavy (non-hydrogen) atoms. The van der Waals surface area contributed by atoms with Crippen LogP contribution in [0, 0.1) is 0 Å². The minimum Gasteiger partial charge on any atom is -0.299 e. The van der Waals surface area contributed by atoms with Gasteiger partial charge in [-0.3, -0.25) is 9.59 Å². The first kappa shape index (κ1) is 12.0. The van der Waals surface area contributed by atoms with Gasteiger partial charge in [0.25, 0.3) is 0 Å². The molecule has 0 fully saturated rings. The topological polar surface area (TPSA) is 34.1 Å². The Labute approximate surface area is 95.1 Å². The van der Waals surface area contributed by atoms with Gasteiger partial charge in [0.05, 0.1) is 0 Å². The van der Waals surface area contributed by atoms with E-state index in [1.165, 1.54) is 12.5 Å². The maximum absolute atomic E-state index is 11.3. The molecule has 0 aliphatic rings. The van der Waals surface area contributed by atoms with Crippen molar-refractivity contribution in [2.45, 2.75) is 26.2 Å². The highest BCUT2D eigenvalue weighted by Crippen LogP contribution is 2.20. The van der Waals surface area contributed by atoms with Crippen LogP contribution in [0.5, 0.6) is 0 Å². The largest absolute Gasteiger partial charge is 0.299 e. The van der Waals surface area contributed by atoms with Crippen LogP contribution in [-0.2, 0) is 16.0 Å². The molecule has 0 spiro atoms. The fraction of sp³-hybridized carbons (Fsp3) is 0.333. The number of carbonyl (C=O) groups excluding carboxylic acids is 2. The van der Waals surface area contributed by atoms with Gasteiger partial charge in [0.15, 0.2) is 0 Å². The van der Waals surface area contributed by atoms with Crippen LogP contribution in [0.2, 0.25) is 0 Å². The molecular formula is C12H14O2S. The van der Waals surface area contributed by atoms with E-state index in [4.69, 9.17) is 0 Å². The number of Topliss-reactive ketones (excluding diaryl/α,β-unsaturated/α-hetero) is 1. The van der Waals surface area contributed by atoms with Crippen molar-refractivity contribution < 1.29 is 9.59 Å². The lowest BCUT2D eigenvalue weighted by atomic mass is 9.95. The third kappa shape index (κ3) is 2.93. The number of thiol groups is 1. The Morgan fingerprint density at radius 1 is 1.27 bits per heavy atom. The van der Waals surface area contributed by atoms with Crippen molar-refractivity contribution in [1.29, 1.82) is 0 Å². The van der Waals surface area contributed by atoms with Crippen LogP contribution < -0.4 is 0 Å². The Morgan fingerprint density at radius 2 is 1.80 bits per heavy atom. The second-order valence-electron chi connectivity index (χ2n) is 3.48. The summed E-state index contributed by atoms with van der Waals surface area (Å²) in [6.45, 7) is 3.47. The molecule has 80 valence electrons. The molecule has 0 N–H and O–H groups in total. The molecule has 0 aliphatic carbocycles. The normalized spacial score (nSPS) is 12.2. The molecule has 1 unspecified atom stereocenters. The van der Waals surface area contributed by atoms with Crippen LogP contribution in [-0.4, -0.2) is 10.9 Å². The van der Waals surface area contributed by atoms with Crippen molar-refractivity contribution in [3.63, 3.8) is 0 Å². The van der Waals surface area contributed by atoms with Gasteiger partial charge in [-0.2, -0.15) is 0 Å². The zero-order valence-corrected chi connectivity index (χ0v) is 9.75. The van der Waals surface area contributed by atoms with Gasteiger partial charge in [0.2, 0.25) is 5.12 Å². The second-order valence-corrected chi connectivity index (χ2v) is 3.92. The second kappa shape index (κ2) is 5.12. The summed E-state index contributed by atoms with van der Waals surface area (Å²) in [7, 11) is 0. The van der Waals surface area contributed by atoms with Crippen molar-refractivity contribution in [2.75, 3.05) is 0 Å². The summed E-state index contributed by atoms with van der Waals surface area (Å²) in [6, 6.07) is 7.50. The van der Waals surface area contributed by atoms with Crippen LogP contribution >= 0.6 is 12.6 Å². The average molecular weight is 222 g/mol. The fourth-order valence-electron chi connectivity index (χ4n) is 1.50. The molecule has 0 bridgehead atoms. The number of hydrogen-bond donors (Lipinski definition) is 1. The van der Waals surface area contributed by atoms with Gasteiger partial charge in [-0.05, 0) is 24.5 Å². The van der Waals surface area contributed by atoms with E-state index in [-0.39, 0.29) is 5.78 Å². The minimum atomic E-state index is -0.723. The summed E-state index contributed by atoms with van der Waals surface area (Å²) in [5.41, 5.74) is 1.91. The van der Waals surface area contributed by atoms with E-state index >= 15 is 0 Å². The molecular weight excluding hydrogens is 208 g/mol. The zero-order chi connectivity index (χ0) is 11.4. The van der Waals surface area contributed by atoms with E-state index in [9.17, 15) is 9.59 Å². The number of ketones is 1. The summed E-state index contributed by atoms with van der Waals surface area (Å²) in [5, 5.41) is -0.397. The van der Waals surface area contributed by atoms with Gasteiger partial charge in [-0.15, -0.1) is 12.6 Å². The number of carbonyl (C=O) groups is 2. The lowest BCUT2D eigenvalue weighted by molar-refractivity contribution is -0.123. The average Bonchev–Trinajstić information content (AvgIpc) is 2.18. The van der Waals surface area contributed by atoms with Crippen molar-refractivity contribution in [1.82, 2.24) is 0 Å². The number of hydrogen-bond acceptors (Lipinski definition) is 2. The summed E-state index contributed by atoms with van der Waals surface area (Å²) in [5.74, 6) is -0.890. The van der Waals surface area contributed by atoms with Gasteiger partial charge in [-0.25, -0.2) is 0 Å². The van der Waals surface area contributed by atoms with Gasteiger partial charge >= 0.3 is 0 Å². The molecule has 3 heteroatoms. The van der Waals surface area contributed by atoms with Crippen LogP contribution in [0.3, 0.4) is 0 Å². The van der Waals surface area contributed by atoms with E-state index in [2.05, 4.69) is 19.6 Å². The van der Waals surface area contributed by atoms with Crippen LogP contribution in [0.1, 0.15) is 30.9 Å². The van der Waals surface area contributed by atoms with E-state index in [0.29, 0.717) is 0 Å². The van der Waals surface area contributed by atoms with Crippen molar-refractivity contribution in [3.8, 4) is 0 Å². The first-order valence-corrected chi connectivity index (χ1v) is 5.33. The first-order valence-electron chi connectivity index (χ1n) is 4.88. The third-order valence-corrected chi connectivity index (χ3v) is 2.63. The molecule has 0 heterocycles. The van der Waals surface area contributed by atoms with Crippen molar-refractivity contribution in [2.24, 2.45) is 0 Å². The Balaban J connectivity index is 3.02. The van der Waals surface area contributed by atoms with Gasteiger partial charge < -0.3 is 0 Å². The lowest BCUT2D eigenvalue weighted by Crippen LogP contribution is -2.15. The monoisotopic (exact) mass is 222 g/mol. The van der Waals surface area contributed by atoms with Crippen LogP contribution in [0.25, 0.3) is 0 Å². The van der Waals surface area contributed by atoms with E-state index in [1.54, 1.807) is 0 Å². The minimum absolute atomic E-state index is 0.167. The van der Waals surface area contributed by atoms with E-state index < -0.39 is 11.0 Å². The van der Waals surface area contributed by atoms with Crippen molar-refractivity contribution in [3.05, 3.63) is 35.4 Å². The van der Waals surface area contributed by atoms with Gasteiger partial charge in [0.1, 0.15) is 11.7 Å². The van der Waals surface area contributed by atoms with Gasteiger partial charge in [-0.1, -0.05) is 31.2 Å². The molecule has 1 aromatic carbocycles. The zero-order valence-electron chi connectivity index (χ0n) is 8.86. The highest BCUT2D eigenvalue weighted by molar-refractivity contribution is 7.96. The summed E-state index contributed by atoms with van der Waals surface area (Å²) >= 11 is 3.73. The smallest absolute Gasteiger partial charge is 0.200 e. The molecule has 1 rings (SSSR count). The highest BCUT2D eigenvalue weighted by Gasteiger charge is 2.22. The molecule has 1 aromatic rings. The molecule has 1 atom stereocenters. The van der Waals surface area contributed by atoms with Crippen LogP contribution in [0.15, 0.2) is 24.3 Å². The number of rotatable bonds is 4. The Hall–Kier alpha value is -1.09. The third-order valence-electron chi connectivity index (χ3n) is 2.37. The molecule has 0 radical (unpaired) electrons. The number of aryl methyl sites for hydroxylation is 1. The predicted octanol–water partition coefficient (Wildman–Crippen LogP) is 2.38.